The molecule has 0 bridgehead atoms. The summed E-state index contributed by atoms with van der Waals surface area (Å²) >= 11 is 0. The lowest BCUT2D eigenvalue weighted by atomic mass is 10.1. The molecule has 2 unspecified atom stereocenters. The summed E-state index contributed by atoms with van der Waals surface area (Å²) in [6.45, 7) is 2.56. The molecule has 3 N–H and O–H groups in total. The average molecular weight is 280 g/mol. The second-order valence-electron chi connectivity index (χ2n) is 4.89. The molecule has 0 aliphatic carbocycles. The van der Waals surface area contributed by atoms with Crippen molar-refractivity contribution in [2.75, 3.05) is 32.5 Å². The van der Waals surface area contributed by atoms with E-state index in [9.17, 15) is 9.90 Å². The highest BCUT2D eigenvalue weighted by atomic mass is 16.5. The van der Waals surface area contributed by atoms with Crippen LogP contribution in [-0.4, -0.2) is 54.9 Å². The lowest BCUT2D eigenvalue weighted by Gasteiger charge is -2.36. The Balaban J connectivity index is 2.27. The molecule has 0 radical (unpaired) electrons. The number of carbonyl (C=O) groups is 1. The number of anilines is 1. The van der Waals surface area contributed by atoms with E-state index in [2.05, 4.69) is 0 Å². The minimum absolute atomic E-state index is 0.116. The van der Waals surface area contributed by atoms with Gasteiger partial charge in [0.05, 0.1) is 25.9 Å². The monoisotopic (exact) mass is 280 g/mol. The van der Waals surface area contributed by atoms with Gasteiger partial charge in [-0.05, 0) is 19.1 Å². The molecule has 1 aromatic rings. The molecule has 2 atom stereocenters. The zero-order valence-corrected chi connectivity index (χ0v) is 11.7. The maximum absolute atomic E-state index is 12.6. The summed E-state index contributed by atoms with van der Waals surface area (Å²) in [5.41, 5.74) is 6.64. The number of nitrogens with two attached hydrogens (primary N) is 1. The van der Waals surface area contributed by atoms with E-state index in [1.54, 1.807) is 23.1 Å². The average Bonchev–Trinajstić information content (AvgIpc) is 2.45. The first-order chi connectivity index (χ1) is 9.56. The van der Waals surface area contributed by atoms with E-state index in [4.69, 9.17) is 15.2 Å². The second-order valence-corrected chi connectivity index (χ2v) is 4.89. The fourth-order valence-corrected chi connectivity index (χ4v) is 2.42. The summed E-state index contributed by atoms with van der Waals surface area (Å²) in [7, 11) is 1.50. The van der Waals surface area contributed by atoms with E-state index < -0.39 is 0 Å². The number of aliphatic hydroxyl groups excluding tert-OH is 1. The molecule has 20 heavy (non-hydrogen) atoms. The number of nitrogens with zero attached hydrogens (tertiary/aromatic N) is 1. The van der Waals surface area contributed by atoms with Crippen LogP contribution in [0.1, 0.15) is 17.3 Å². The normalized spacial score (nSPS) is 22.6. The van der Waals surface area contributed by atoms with Gasteiger partial charge in [-0.3, -0.25) is 4.79 Å². The molecular weight excluding hydrogens is 260 g/mol. The van der Waals surface area contributed by atoms with Crippen LogP contribution in [0, 0.1) is 0 Å². The van der Waals surface area contributed by atoms with Crippen molar-refractivity contribution in [3.05, 3.63) is 23.8 Å². The number of morpholine rings is 1. The van der Waals surface area contributed by atoms with E-state index in [-0.39, 0.29) is 24.7 Å². The predicted octanol–water partition coefficient (Wildman–Crippen LogP) is 0.499. The van der Waals surface area contributed by atoms with Crippen LogP contribution in [0.2, 0.25) is 0 Å². The van der Waals surface area contributed by atoms with Crippen LogP contribution in [0.3, 0.4) is 0 Å². The summed E-state index contributed by atoms with van der Waals surface area (Å²) in [6, 6.07) is 5.11. The van der Waals surface area contributed by atoms with Crippen LogP contribution in [0.4, 0.5) is 5.69 Å². The molecule has 1 heterocycles. The number of ether oxygens (including phenoxy) is 2. The Hall–Kier alpha value is -1.79. The molecule has 1 amide bonds. The standard InChI is InChI=1S/C14H20N2O4/c1-9-6-16(7-10(8-17)20-9)14(18)13-11(15)4-3-5-12(13)19-2/h3-5,9-10,17H,6-8,15H2,1-2H3. The summed E-state index contributed by atoms with van der Waals surface area (Å²) in [4.78, 5) is 14.3. The van der Waals surface area contributed by atoms with Crippen molar-refractivity contribution in [2.24, 2.45) is 0 Å². The van der Waals surface area contributed by atoms with E-state index in [0.717, 1.165) is 0 Å². The Bertz CT molecular complexity index is 492. The highest BCUT2D eigenvalue weighted by molar-refractivity contribution is 6.02. The largest absolute Gasteiger partial charge is 0.496 e. The predicted molar refractivity (Wildman–Crippen MR) is 74.7 cm³/mol. The summed E-state index contributed by atoms with van der Waals surface area (Å²) in [6.07, 6.45) is -0.487. The number of benzene rings is 1. The molecule has 110 valence electrons. The highest BCUT2D eigenvalue weighted by Gasteiger charge is 2.30. The molecular formula is C14H20N2O4. The maximum atomic E-state index is 12.6. The van der Waals surface area contributed by atoms with Crippen molar-refractivity contribution in [2.45, 2.75) is 19.1 Å². The Labute approximate surface area is 118 Å². The minimum atomic E-state index is -0.362. The molecule has 6 heteroatoms. The molecule has 1 saturated heterocycles. The fourth-order valence-electron chi connectivity index (χ4n) is 2.42. The van der Waals surface area contributed by atoms with E-state index in [1.165, 1.54) is 7.11 Å². The van der Waals surface area contributed by atoms with E-state index in [0.29, 0.717) is 30.1 Å². The van der Waals surface area contributed by atoms with Gasteiger partial charge in [-0.1, -0.05) is 6.07 Å². The number of carbonyl (C=O) groups excluding carboxylic acids is 1. The van der Waals surface area contributed by atoms with Crippen LogP contribution in [-0.2, 0) is 4.74 Å². The quantitative estimate of drug-likeness (QED) is 0.788. The van der Waals surface area contributed by atoms with Gasteiger partial charge >= 0.3 is 0 Å². The van der Waals surface area contributed by atoms with Crippen LogP contribution < -0.4 is 10.5 Å². The van der Waals surface area contributed by atoms with E-state index in [1.807, 2.05) is 6.92 Å². The molecule has 0 aromatic heterocycles. The number of nitrogen functional groups attached to an aromatic ring is 1. The molecule has 1 aliphatic heterocycles. The topological polar surface area (TPSA) is 85.0 Å². The van der Waals surface area contributed by atoms with Crippen LogP contribution in [0.5, 0.6) is 5.75 Å². The molecule has 1 fully saturated rings. The molecule has 0 spiro atoms. The smallest absolute Gasteiger partial charge is 0.259 e. The number of rotatable bonds is 3. The third-order valence-electron chi connectivity index (χ3n) is 3.31. The summed E-state index contributed by atoms with van der Waals surface area (Å²) in [5, 5.41) is 9.22. The van der Waals surface area contributed by atoms with Gasteiger partial charge in [0.15, 0.2) is 0 Å². The van der Waals surface area contributed by atoms with Gasteiger partial charge in [-0.15, -0.1) is 0 Å². The van der Waals surface area contributed by atoms with Crippen molar-refractivity contribution >= 4 is 11.6 Å². The number of hydrogen-bond donors (Lipinski definition) is 2. The van der Waals surface area contributed by atoms with Crippen molar-refractivity contribution in [3.63, 3.8) is 0 Å². The van der Waals surface area contributed by atoms with Crippen molar-refractivity contribution in [3.8, 4) is 5.75 Å². The van der Waals surface area contributed by atoms with Gasteiger partial charge in [-0.25, -0.2) is 0 Å². The minimum Gasteiger partial charge on any atom is -0.496 e. The first kappa shape index (κ1) is 14.6. The zero-order valence-electron chi connectivity index (χ0n) is 11.7. The Morgan fingerprint density at radius 3 is 2.95 bits per heavy atom. The number of amides is 1. The van der Waals surface area contributed by atoms with Crippen LogP contribution in [0.25, 0.3) is 0 Å². The molecule has 1 aliphatic rings. The number of hydrogen-bond acceptors (Lipinski definition) is 5. The molecule has 1 aromatic carbocycles. The Morgan fingerprint density at radius 1 is 1.55 bits per heavy atom. The first-order valence-corrected chi connectivity index (χ1v) is 6.54. The van der Waals surface area contributed by atoms with Crippen molar-refractivity contribution < 1.29 is 19.4 Å². The van der Waals surface area contributed by atoms with Gasteiger partial charge in [0, 0.05) is 18.8 Å². The van der Waals surface area contributed by atoms with Crippen LogP contribution in [0.15, 0.2) is 18.2 Å². The summed E-state index contributed by atoms with van der Waals surface area (Å²) in [5.74, 6) is 0.253. The van der Waals surface area contributed by atoms with Crippen molar-refractivity contribution in [1.29, 1.82) is 0 Å². The highest BCUT2D eigenvalue weighted by Crippen LogP contribution is 2.27. The zero-order chi connectivity index (χ0) is 14.7. The van der Waals surface area contributed by atoms with Crippen molar-refractivity contribution in [1.82, 2.24) is 4.90 Å². The van der Waals surface area contributed by atoms with Gasteiger partial charge in [0.25, 0.3) is 5.91 Å². The number of methoxy groups -OCH3 is 1. The summed E-state index contributed by atoms with van der Waals surface area (Å²) < 4.78 is 10.7. The van der Waals surface area contributed by atoms with Crippen LogP contribution >= 0.6 is 0 Å². The fraction of sp³-hybridized carbons (Fsp3) is 0.500. The maximum Gasteiger partial charge on any atom is 0.259 e. The van der Waals surface area contributed by atoms with Gasteiger partial charge in [0.2, 0.25) is 0 Å². The third kappa shape index (κ3) is 2.86. The molecule has 2 rings (SSSR count). The lowest BCUT2D eigenvalue weighted by Crippen LogP contribution is -2.50. The first-order valence-electron chi connectivity index (χ1n) is 6.54. The third-order valence-corrected chi connectivity index (χ3v) is 3.31. The Morgan fingerprint density at radius 2 is 2.30 bits per heavy atom. The molecule has 6 nitrogen and oxygen atoms in total. The van der Waals surface area contributed by atoms with E-state index >= 15 is 0 Å². The second kappa shape index (κ2) is 6.11. The Kier molecular flexibility index (Phi) is 4.46. The molecule has 0 saturated carbocycles. The lowest BCUT2D eigenvalue weighted by molar-refractivity contribution is -0.0858. The van der Waals surface area contributed by atoms with Gasteiger partial charge in [-0.2, -0.15) is 0 Å². The van der Waals surface area contributed by atoms with Gasteiger partial charge < -0.3 is 25.2 Å². The van der Waals surface area contributed by atoms with Gasteiger partial charge in [0.1, 0.15) is 11.3 Å². The number of aliphatic hydroxyl groups is 1. The SMILES string of the molecule is COc1cccc(N)c1C(=O)N1CC(C)OC(CO)C1.